The van der Waals surface area contributed by atoms with Crippen LogP contribution in [-0.2, 0) is 4.74 Å². The van der Waals surface area contributed by atoms with Crippen molar-refractivity contribution in [2.75, 3.05) is 7.11 Å². The van der Waals surface area contributed by atoms with Gasteiger partial charge in [-0.05, 0) is 44.0 Å². The van der Waals surface area contributed by atoms with E-state index >= 15 is 0 Å². The number of methoxy groups -OCH3 is 1. The van der Waals surface area contributed by atoms with Crippen molar-refractivity contribution in [1.82, 2.24) is 0 Å². The second kappa shape index (κ2) is 4.44. The van der Waals surface area contributed by atoms with Crippen molar-refractivity contribution in [2.45, 2.75) is 0 Å². The number of hydrogen-bond donors (Lipinski definition) is 0. The molecule has 0 aliphatic carbocycles. The van der Waals surface area contributed by atoms with Crippen LogP contribution in [-0.4, -0.2) is 13.1 Å². The number of carbonyl (C=O) groups excluding carboxylic acids is 1. The predicted molar refractivity (Wildman–Crippen MR) is 58.2 cm³/mol. The van der Waals surface area contributed by atoms with E-state index < -0.39 is 5.97 Å². The van der Waals surface area contributed by atoms with Gasteiger partial charge in [0.05, 0.1) is 17.7 Å². The molecule has 0 fully saturated rings. The van der Waals surface area contributed by atoms with Gasteiger partial charge in [-0.1, -0.05) is 11.6 Å². The van der Waals surface area contributed by atoms with E-state index in [2.05, 4.69) is 36.6 Å². The van der Waals surface area contributed by atoms with Gasteiger partial charge in [0.2, 0.25) is 0 Å². The van der Waals surface area contributed by atoms with Gasteiger partial charge in [-0.25, -0.2) is 4.79 Å². The van der Waals surface area contributed by atoms with Crippen LogP contribution < -0.4 is 0 Å². The lowest BCUT2D eigenvalue weighted by atomic mass is 10.2. The van der Waals surface area contributed by atoms with Gasteiger partial charge in [0.25, 0.3) is 0 Å². The first-order valence-corrected chi connectivity index (χ1v) is 5.26. The first-order valence-electron chi connectivity index (χ1n) is 3.29. The van der Waals surface area contributed by atoms with E-state index in [1.54, 1.807) is 12.1 Å². The lowest BCUT2D eigenvalue weighted by molar-refractivity contribution is 0.0600. The molecule has 0 bridgehead atoms. The Kier molecular flexibility index (Phi) is 3.76. The van der Waals surface area contributed by atoms with E-state index in [-0.39, 0.29) is 0 Å². The van der Waals surface area contributed by atoms with Crippen molar-refractivity contribution in [1.29, 1.82) is 0 Å². The van der Waals surface area contributed by atoms with Crippen molar-refractivity contribution in [2.24, 2.45) is 0 Å². The molecule has 1 rings (SSSR count). The minimum atomic E-state index is -0.460. The summed E-state index contributed by atoms with van der Waals surface area (Å²) >= 11 is 12.3. The quantitative estimate of drug-likeness (QED) is 0.581. The summed E-state index contributed by atoms with van der Waals surface area (Å²) in [5.74, 6) is -0.460. The van der Waals surface area contributed by atoms with Crippen LogP contribution in [0, 0.1) is 0 Å². The topological polar surface area (TPSA) is 26.3 Å². The Labute approximate surface area is 97.5 Å². The Balaban J connectivity index is 3.33. The molecule has 0 amide bonds. The molecular formula is C8H5Br2ClO2. The van der Waals surface area contributed by atoms with E-state index in [0.717, 1.165) is 0 Å². The Morgan fingerprint density at radius 2 is 1.92 bits per heavy atom. The standard InChI is InChI=1S/C8H5Br2ClO2/c1-13-8(12)6-4(9)2-3-5(10)7(6)11/h2-3H,1H3. The Hall–Kier alpha value is -0.0600. The fraction of sp³-hybridized carbons (Fsp3) is 0.125. The molecule has 0 spiro atoms. The van der Waals surface area contributed by atoms with Crippen LogP contribution in [0.5, 0.6) is 0 Å². The highest BCUT2D eigenvalue weighted by atomic mass is 79.9. The maximum absolute atomic E-state index is 11.2. The monoisotopic (exact) mass is 326 g/mol. The number of hydrogen-bond acceptors (Lipinski definition) is 2. The fourth-order valence-electron chi connectivity index (χ4n) is 0.816. The van der Waals surface area contributed by atoms with Crippen molar-refractivity contribution in [3.8, 4) is 0 Å². The molecule has 0 atom stereocenters. The molecule has 0 aliphatic heterocycles. The summed E-state index contributed by atoms with van der Waals surface area (Å²) in [6.07, 6.45) is 0. The van der Waals surface area contributed by atoms with E-state index in [4.69, 9.17) is 11.6 Å². The van der Waals surface area contributed by atoms with Crippen LogP contribution in [0.15, 0.2) is 21.1 Å². The number of esters is 1. The van der Waals surface area contributed by atoms with E-state index in [1.165, 1.54) is 7.11 Å². The third kappa shape index (κ3) is 2.24. The van der Waals surface area contributed by atoms with Crippen molar-refractivity contribution in [3.05, 3.63) is 31.7 Å². The van der Waals surface area contributed by atoms with Gasteiger partial charge in [-0.15, -0.1) is 0 Å². The second-order valence-electron chi connectivity index (χ2n) is 2.21. The molecule has 0 saturated heterocycles. The van der Waals surface area contributed by atoms with Crippen LogP contribution in [0.4, 0.5) is 0 Å². The zero-order chi connectivity index (χ0) is 10.0. The van der Waals surface area contributed by atoms with E-state index in [9.17, 15) is 4.79 Å². The largest absolute Gasteiger partial charge is 0.465 e. The molecule has 0 unspecified atom stereocenters. The maximum Gasteiger partial charge on any atom is 0.340 e. The fourth-order valence-corrected chi connectivity index (χ4v) is 2.00. The first-order chi connectivity index (χ1) is 6.07. The maximum atomic E-state index is 11.2. The molecule has 0 heterocycles. The lowest BCUT2D eigenvalue weighted by Gasteiger charge is -2.05. The minimum Gasteiger partial charge on any atom is -0.465 e. The summed E-state index contributed by atoms with van der Waals surface area (Å²) < 4.78 is 5.86. The Morgan fingerprint density at radius 1 is 1.38 bits per heavy atom. The summed E-state index contributed by atoms with van der Waals surface area (Å²) in [6.45, 7) is 0. The van der Waals surface area contributed by atoms with Gasteiger partial charge >= 0.3 is 5.97 Å². The minimum absolute atomic E-state index is 0.332. The zero-order valence-corrected chi connectivity index (χ0v) is 10.5. The summed E-state index contributed by atoms with van der Waals surface area (Å²) in [6, 6.07) is 3.47. The zero-order valence-electron chi connectivity index (χ0n) is 6.61. The van der Waals surface area contributed by atoms with Crippen LogP contribution in [0.3, 0.4) is 0 Å². The molecule has 1 aromatic rings. The normalized spacial score (nSPS) is 9.85. The molecular weight excluding hydrogens is 323 g/mol. The molecule has 70 valence electrons. The van der Waals surface area contributed by atoms with Gasteiger partial charge in [0.1, 0.15) is 0 Å². The molecule has 0 N–H and O–H groups in total. The highest BCUT2D eigenvalue weighted by molar-refractivity contribution is 9.11. The van der Waals surface area contributed by atoms with Gasteiger partial charge in [0, 0.05) is 8.95 Å². The number of halogens is 3. The molecule has 2 nitrogen and oxygen atoms in total. The van der Waals surface area contributed by atoms with Crippen LogP contribution >= 0.6 is 43.5 Å². The SMILES string of the molecule is COC(=O)c1c(Br)ccc(Br)c1Cl. The lowest BCUT2D eigenvalue weighted by Crippen LogP contribution is -2.03. The highest BCUT2D eigenvalue weighted by Gasteiger charge is 2.16. The number of ether oxygens (including phenoxy) is 1. The second-order valence-corrected chi connectivity index (χ2v) is 4.30. The summed E-state index contributed by atoms with van der Waals surface area (Å²) in [5.41, 5.74) is 0.332. The van der Waals surface area contributed by atoms with Crippen molar-refractivity contribution >= 4 is 49.4 Å². The van der Waals surface area contributed by atoms with E-state index in [0.29, 0.717) is 19.5 Å². The summed E-state index contributed by atoms with van der Waals surface area (Å²) in [7, 11) is 1.31. The van der Waals surface area contributed by atoms with E-state index in [1.807, 2.05) is 0 Å². The van der Waals surface area contributed by atoms with Gasteiger partial charge in [0.15, 0.2) is 0 Å². The molecule has 0 radical (unpaired) electrons. The summed E-state index contributed by atoms with van der Waals surface area (Å²) in [4.78, 5) is 11.2. The molecule has 0 aliphatic rings. The molecule has 13 heavy (non-hydrogen) atoms. The first kappa shape index (κ1) is 11.0. The third-order valence-electron chi connectivity index (χ3n) is 1.43. The number of rotatable bonds is 1. The highest BCUT2D eigenvalue weighted by Crippen LogP contribution is 2.32. The summed E-state index contributed by atoms with van der Waals surface area (Å²) in [5, 5.41) is 0.348. The number of carbonyl (C=O) groups is 1. The Bertz CT molecular complexity index is 352. The molecule has 5 heteroatoms. The Morgan fingerprint density at radius 3 is 2.46 bits per heavy atom. The van der Waals surface area contributed by atoms with Gasteiger partial charge in [-0.3, -0.25) is 0 Å². The van der Waals surface area contributed by atoms with Crippen molar-refractivity contribution in [3.63, 3.8) is 0 Å². The average molecular weight is 328 g/mol. The van der Waals surface area contributed by atoms with Gasteiger partial charge in [-0.2, -0.15) is 0 Å². The van der Waals surface area contributed by atoms with Crippen LogP contribution in [0.2, 0.25) is 5.02 Å². The van der Waals surface area contributed by atoms with Gasteiger partial charge < -0.3 is 4.74 Å². The molecule has 0 saturated carbocycles. The molecule has 0 aromatic heterocycles. The predicted octanol–water partition coefficient (Wildman–Crippen LogP) is 3.65. The smallest absolute Gasteiger partial charge is 0.340 e. The van der Waals surface area contributed by atoms with Crippen LogP contribution in [0.1, 0.15) is 10.4 Å². The van der Waals surface area contributed by atoms with Crippen LogP contribution in [0.25, 0.3) is 0 Å². The average Bonchev–Trinajstić information content (AvgIpc) is 2.12. The third-order valence-corrected chi connectivity index (χ3v) is 3.38. The van der Waals surface area contributed by atoms with Crippen molar-refractivity contribution < 1.29 is 9.53 Å². The number of benzene rings is 1. The molecule has 1 aromatic carbocycles.